The molecule has 4 heteroatoms. The van der Waals surface area contributed by atoms with E-state index in [0.717, 1.165) is 26.1 Å². The monoisotopic (exact) mass is 362 g/mol. The molecule has 0 amide bonds. The van der Waals surface area contributed by atoms with Gasteiger partial charge in [-0.15, -0.1) is 13.2 Å². The van der Waals surface area contributed by atoms with Crippen LogP contribution in [0.15, 0.2) is 37.5 Å². The number of hydrogen-bond acceptors (Lipinski definition) is 4. The molecule has 0 bridgehead atoms. The van der Waals surface area contributed by atoms with Crippen LogP contribution < -0.4 is 0 Å². The highest BCUT2D eigenvalue weighted by molar-refractivity contribution is 4.96. The van der Waals surface area contributed by atoms with E-state index in [2.05, 4.69) is 25.3 Å². The predicted molar refractivity (Wildman–Crippen MR) is 103 cm³/mol. The molecule has 2 fully saturated rings. The minimum absolute atomic E-state index is 0.240. The van der Waals surface area contributed by atoms with Crippen LogP contribution in [-0.2, 0) is 18.9 Å². The fraction of sp³-hybridized carbons (Fsp3) is 0.727. The van der Waals surface area contributed by atoms with Crippen molar-refractivity contribution in [2.75, 3.05) is 39.6 Å². The van der Waals surface area contributed by atoms with Gasteiger partial charge in [0.1, 0.15) is 0 Å². The topological polar surface area (TPSA) is 36.9 Å². The van der Waals surface area contributed by atoms with E-state index in [-0.39, 0.29) is 12.2 Å². The van der Waals surface area contributed by atoms with Gasteiger partial charge in [-0.25, -0.2) is 0 Å². The van der Waals surface area contributed by atoms with Gasteiger partial charge in [-0.3, -0.25) is 0 Å². The Bertz CT molecular complexity index is 433. The van der Waals surface area contributed by atoms with Gasteiger partial charge in [0.25, 0.3) is 0 Å². The van der Waals surface area contributed by atoms with Crippen LogP contribution in [0.5, 0.6) is 0 Å². The van der Waals surface area contributed by atoms with E-state index in [0.29, 0.717) is 50.1 Å². The molecule has 3 aliphatic rings. The van der Waals surface area contributed by atoms with Gasteiger partial charge in [0.05, 0.1) is 51.8 Å². The van der Waals surface area contributed by atoms with E-state index in [1.807, 2.05) is 12.2 Å². The van der Waals surface area contributed by atoms with Crippen LogP contribution in [-0.4, -0.2) is 51.8 Å². The third-order valence-electron chi connectivity index (χ3n) is 6.14. The Labute approximate surface area is 158 Å². The zero-order valence-electron chi connectivity index (χ0n) is 15.9. The maximum Gasteiger partial charge on any atom is 0.0843 e. The molecule has 26 heavy (non-hydrogen) atoms. The molecular weight excluding hydrogens is 328 g/mol. The number of fused-ring (bicyclic) bond motifs is 2. The van der Waals surface area contributed by atoms with Crippen molar-refractivity contribution in [1.29, 1.82) is 0 Å². The predicted octanol–water partition coefficient (Wildman–Crippen LogP) is 3.78. The van der Waals surface area contributed by atoms with Crippen molar-refractivity contribution in [1.82, 2.24) is 0 Å². The van der Waals surface area contributed by atoms with Gasteiger partial charge < -0.3 is 18.9 Å². The van der Waals surface area contributed by atoms with Crippen molar-refractivity contribution in [3.8, 4) is 0 Å². The van der Waals surface area contributed by atoms with Crippen molar-refractivity contribution in [2.45, 2.75) is 37.9 Å². The van der Waals surface area contributed by atoms with Crippen molar-refractivity contribution in [3.05, 3.63) is 37.5 Å². The second kappa shape index (κ2) is 10.4. The van der Waals surface area contributed by atoms with Crippen LogP contribution in [0.4, 0.5) is 0 Å². The first-order valence-corrected chi connectivity index (χ1v) is 10.1. The highest BCUT2D eigenvalue weighted by Gasteiger charge is 2.44. The maximum absolute atomic E-state index is 6.08. The summed E-state index contributed by atoms with van der Waals surface area (Å²) in [5.41, 5.74) is 0. The molecule has 0 saturated heterocycles. The first-order chi connectivity index (χ1) is 12.8. The zero-order valence-corrected chi connectivity index (χ0v) is 15.9. The Morgan fingerprint density at radius 1 is 0.769 bits per heavy atom. The van der Waals surface area contributed by atoms with Crippen LogP contribution in [0.3, 0.4) is 0 Å². The molecule has 0 aromatic heterocycles. The van der Waals surface area contributed by atoms with E-state index in [4.69, 9.17) is 18.9 Å². The van der Waals surface area contributed by atoms with Crippen LogP contribution in [0.25, 0.3) is 0 Å². The average molecular weight is 363 g/mol. The average Bonchev–Trinajstić information content (AvgIpc) is 2.62. The van der Waals surface area contributed by atoms with Crippen molar-refractivity contribution >= 4 is 0 Å². The van der Waals surface area contributed by atoms with Crippen LogP contribution in [0, 0.1) is 23.7 Å². The second-order valence-electron chi connectivity index (χ2n) is 7.85. The van der Waals surface area contributed by atoms with E-state index in [1.165, 1.54) is 12.8 Å². The normalized spacial score (nSPS) is 38.3. The highest BCUT2D eigenvalue weighted by atomic mass is 16.5. The Morgan fingerprint density at radius 3 is 1.65 bits per heavy atom. The van der Waals surface area contributed by atoms with Gasteiger partial charge in [-0.2, -0.15) is 0 Å². The lowest BCUT2D eigenvalue weighted by Gasteiger charge is -2.48. The molecule has 2 saturated carbocycles. The lowest BCUT2D eigenvalue weighted by molar-refractivity contribution is -0.127. The van der Waals surface area contributed by atoms with Crippen LogP contribution in [0.1, 0.15) is 25.7 Å². The molecule has 4 nitrogen and oxygen atoms in total. The largest absolute Gasteiger partial charge is 0.377 e. The molecule has 0 unspecified atom stereocenters. The van der Waals surface area contributed by atoms with Crippen LogP contribution in [0.2, 0.25) is 0 Å². The molecular formula is C22H34O4. The van der Waals surface area contributed by atoms with Gasteiger partial charge in [-0.05, 0) is 49.4 Å². The minimum Gasteiger partial charge on any atom is -0.377 e. The summed E-state index contributed by atoms with van der Waals surface area (Å²) in [7, 11) is 0. The lowest BCUT2D eigenvalue weighted by atomic mass is 9.62. The van der Waals surface area contributed by atoms with Gasteiger partial charge >= 0.3 is 0 Å². The molecule has 0 spiro atoms. The fourth-order valence-corrected chi connectivity index (χ4v) is 4.88. The molecule has 0 radical (unpaired) electrons. The smallest absolute Gasteiger partial charge is 0.0843 e. The molecule has 1 heterocycles. The third-order valence-corrected chi connectivity index (χ3v) is 6.14. The Hall–Kier alpha value is -0.940. The summed E-state index contributed by atoms with van der Waals surface area (Å²) >= 11 is 0. The van der Waals surface area contributed by atoms with Crippen LogP contribution >= 0.6 is 0 Å². The summed E-state index contributed by atoms with van der Waals surface area (Å²) in [6.07, 6.45) is 12.9. The molecule has 2 aliphatic carbocycles. The van der Waals surface area contributed by atoms with E-state index >= 15 is 0 Å². The molecule has 0 aromatic carbocycles. The summed E-state index contributed by atoms with van der Waals surface area (Å²) in [4.78, 5) is 0. The Morgan fingerprint density at radius 2 is 1.23 bits per heavy atom. The van der Waals surface area contributed by atoms with Crippen molar-refractivity contribution in [3.63, 3.8) is 0 Å². The van der Waals surface area contributed by atoms with Gasteiger partial charge in [0.15, 0.2) is 0 Å². The summed E-state index contributed by atoms with van der Waals surface area (Å²) in [6, 6.07) is 0. The quantitative estimate of drug-likeness (QED) is 0.486. The Kier molecular flexibility index (Phi) is 7.93. The van der Waals surface area contributed by atoms with E-state index in [1.54, 1.807) is 0 Å². The van der Waals surface area contributed by atoms with Gasteiger partial charge in [0.2, 0.25) is 0 Å². The summed E-state index contributed by atoms with van der Waals surface area (Å²) in [6.45, 7) is 11.8. The first-order valence-electron chi connectivity index (χ1n) is 10.1. The molecule has 0 aromatic rings. The Balaban J connectivity index is 1.62. The second-order valence-corrected chi connectivity index (χ2v) is 7.85. The molecule has 146 valence electrons. The number of rotatable bonds is 8. The van der Waals surface area contributed by atoms with E-state index < -0.39 is 0 Å². The lowest BCUT2D eigenvalue weighted by Crippen LogP contribution is -2.47. The molecule has 6 atom stereocenters. The molecule has 0 N–H and O–H groups in total. The first kappa shape index (κ1) is 19.8. The summed E-state index contributed by atoms with van der Waals surface area (Å²) in [5, 5.41) is 0. The third kappa shape index (κ3) is 5.29. The minimum atomic E-state index is 0.240. The van der Waals surface area contributed by atoms with Gasteiger partial charge in [-0.1, -0.05) is 24.3 Å². The maximum atomic E-state index is 6.08. The molecule has 1 aliphatic heterocycles. The SMILES string of the molecule is C=CCOC[C@H]1C[C@@H]2C[C@H]3OC/C=C\CO[C@@H]3C[C@@H]2C[C@@H]1COCC=C. The number of hydrogen-bond donors (Lipinski definition) is 0. The summed E-state index contributed by atoms with van der Waals surface area (Å²) < 4.78 is 23.8. The van der Waals surface area contributed by atoms with Crippen molar-refractivity contribution < 1.29 is 18.9 Å². The zero-order chi connectivity index (χ0) is 18.2. The fourth-order valence-electron chi connectivity index (χ4n) is 4.88. The van der Waals surface area contributed by atoms with Crippen molar-refractivity contribution in [2.24, 2.45) is 23.7 Å². The number of ether oxygens (including phenoxy) is 4. The summed E-state index contributed by atoms with van der Waals surface area (Å²) in [5.74, 6) is 2.51. The standard InChI is InChI=1S/C22H34O4/c1-3-7-23-15-19-11-17-13-21-22(26-10-6-5-9-25-21)14-18(17)12-20(19)16-24-8-4-2/h3-6,17-22H,1-2,7-16H2/b6-5-/t17-,18+,19-,20-,21-,22-/m1/s1. The van der Waals surface area contributed by atoms with E-state index in [9.17, 15) is 0 Å². The van der Waals surface area contributed by atoms with Gasteiger partial charge in [0, 0.05) is 0 Å². The highest BCUT2D eigenvalue weighted by Crippen LogP contribution is 2.47. The molecule has 3 rings (SSSR count).